The van der Waals surface area contributed by atoms with Crippen molar-refractivity contribution in [1.82, 2.24) is 0 Å². The zero-order valence-electron chi connectivity index (χ0n) is 11.8. The van der Waals surface area contributed by atoms with Crippen molar-refractivity contribution in [3.8, 4) is 0 Å². The number of hydrogen-bond acceptors (Lipinski definition) is 8. The first kappa shape index (κ1) is 17.4. The Morgan fingerprint density at radius 1 is 1.22 bits per heavy atom. The molecule has 0 spiro atoms. The summed E-state index contributed by atoms with van der Waals surface area (Å²) in [4.78, 5) is 9.91. The lowest BCUT2D eigenvalue weighted by molar-refractivity contribution is -0.387. The molecular weight excluding hydrogens is 364 g/mol. The third-order valence-electron chi connectivity index (χ3n) is 2.99. The van der Waals surface area contributed by atoms with Gasteiger partial charge in [0.2, 0.25) is 14.0 Å². The summed E-state index contributed by atoms with van der Waals surface area (Å²) >= 11 is 0.357. The van der Waals surface area contributed by atoms with Crippen molar-refractivity contribution in [1.29, 1.82) is 0 Å². The molecule has 0 radical (unpaired) electrons. The Morgan fingerprint density at radius 3 is 2.35 bits per heavy atom. The van der Waals surface area contributed by atoms with Crippen molar-refractivity contribution in [2.24, 2.45) is 0 Å². The van der Waals surface area contributed by atoms with Crippen LogP contribution in [0.15, 0.2) is 43.6 Å². The minimum Gasteiger partial charge on any atom is -0.398 e. The zero-order valence-corrected chi connectivity index (χ0v) is 14.2. The van der Waals surface area contributed by atoms with Gasteiger partial charge < -0.3 is 5.73 Å². The van der Waals surface area contributed by atoms with Gasteiger partial charge in [0.05, 0.1) is 21.3 Å². The maximum Gasteiger partial charge on any atom is 0.300 e. The van der Waals surface area contributed by atoms with Gasteiger partial charge in [-0.2, -0.15) is 0 Å². The largest absolute Gasteiger partial charge is 0.398 e. The zero-order chi connectivity index (χ0) is 17.4. The SMILES string of the molecule is CCS(=O)(=O)c1cc([N+](=O)[O-])c(S(=O)(=O)c2ccccc2N)s1. The number of anilines is 1. The highest BCUT2D eigenvalue weighted by Gasteiger charge is 2.34. The molecule has 0 unspecified atom stereocenters. The fourth-order valence-electron chi connectivity index (χ4n) is 1.78. The molecule has 2 rings (SSSR count). The summed E-state index contributed by atoms with van der Waals surface area (Å²) in [6.45, 7) is 1.37. The van der Waals surface area contributed by atoms with E-state index in [9.17, 15) is 26.9 Å². The van der Waals surface area contributed by atoms with E-state index in [-0.39, 0.29) is 20.5 Å². The van der Waals surface area contributed by atoms with E-state index in [1.807, 2.05) is 0 Å². The Labute approximate surface area is 136 Å². The molecule has 0 fully saturated rings. The van der Waals surface area contributed by atoms with E-state index in [1.54, 1.807) is 0 Å². The lowest BCUT2D eigenvalue weighted by atomic mass is 10.3. The normalized spacial score (nSPS) is 12.2. The first-order valence-corrected chi connectivity index (χ1v) is 10.2. The maximum atomic E-state index is 12.6. The minimum atomic E-state index is -4.31. The third kappa shape index (κ3) is 3.07. The van der Waals surface area contributed by atoms with E-state index in [2.05, 4.69) is 0 Å². The van der Waals surface area contributed by atoms with Gasteiger partial charge in [-0.3, -0.25) is 10.1 Å². The molecule has 0 amide bonds. The van der Waals surface area contributed by atoms with Crippen LogP contribution in [0.1, 0.15) is 6.92 Å². The van der Waals surface area contributed by atoms with Crippen LogP contribution in [-0.2, 0) is 19.7 Å². The number of para-hydroxylation sites is 1. The molecule has 0 aliphatic rings. The summed E-state index contributed by atoms with van der Waals surface area (Å²) in [5.74, 6) is -0.294. The summed E-state index contributed by atoms with van der Waals surface area (Å²) < 4.78 is 48.0. The lowest BCUT2D eigenvalue weighted by Crippen LogP contribution is -2.05. The van der Waals surface area contributed by atoms with Crippen molar-refractivity contribution in [3.63, 3.8) is 0 Å². The van der Waals surface area contributed by atoms with E-state index < -0.39 is 34.5 Å². The Bertz CT molecular complexity index is 976. The molecule has 0 saturated heterocycles. The average molecular weight is 376 g/mol. The van der Waals surface area contributed by atoms with E-state index in [4.69, 9.17) is 5.73 Å². The highest BCUT2D eigenvalue weighted by Crippen LogP contribution is 2.40. The van der Waals surface area contributed by atoms with Crippen LogP contribution in [0, 0.1) is 10.1 Å². The molecule has 23 heavy (non-hydrogen) atoms. The standard InChI is InChI=1S/C12H12N2O6S3/c1-2-22(17,18)11-7-9(14(15)16)12(21-11)23(19,20)10-6-4-3-5-8(10)13/h3-7H,2,13H2,1H3. The van der Waals surface area contributed by atoms with Gasteiger partial charge in [-0.05, 0) is 12.1 Å². The van der Waals surface area contributed by atoms with Crippen molar-refractivity contribution >= 4 is 42.4 Å². The van der Waals surface area contributed by atoms with Gasteiger partial charge in [0, 0.05) is 6.07 Å². The molecule has 124 valence electrons. The third-order valence-corrected chi connectivity index (χ3v) is 8.77. The van der Waals surface area contributed by atoms with Crippen LogP contribution in [0.5, 0.6) is 0 Å². The Morgan fingerprint density at radius 2 is 1.83 bits per heavy atom. The Kier molecular flexibility index (Phi) is 4.46. The molecule has 11 heteroatoms. The average Bonchev–Trinajstić information content (AvgIpc) is 2.94. The molecule has 0 atom stereocenters. The summed E-state index contributed by atoms with van der Waals surface area (Å²) in [5, 5.41) is 11.1. The molecule has 0 bridgehead atoms. The number of benzene rings is 1. The second-order valence-corrected chi connectivity index (χ2v) is 10.1. The molecule has 2 aromatic rings. The van der Waals surface area contributed by atoms with Gasteiger partial charge >= 0.3 is 5.69 Å². The number of hydrogen-bond donors (Lipinski definition) is 1. The van der Waals surface area contributed by atoms with Gasteiger partial charge in [0.25, 0.3) is 0 Å². The van der Waals surface area contributed by atoms with Crippen LogP contribution in [-0.4, -0.2) is 27.5 Å². The first-order chi connectivity index (χ1) is 10.6. The van der Waals surface area contributed by atoms with Crippen LogP contribution in [0.2, 0.25) is 0 Å². The van der Waals surface area contributed by atoms with E-state index in [0.717, 1.165) is 6.07 Å². The number of nitrogens with two attached hydrogens (primary N) is 1. The molecule has 2 N–H and O–H groups in total. The van der Waals surface area contributed by atoms with Gasteiger partial charge in [0.15, 0.2) is 9.84 Å². The van der Waals surface area contributed by atoms with Crippen molar-refractivity contribution < 1.29 is 21.8 Å². The van der Waals surface area contributed by atoms with Crippen LogP contribution < -0.4 is 5.73 Å². The molecule has 0 aliphatic heterocycles. The topological polar surface area (TPSA) is 137 Å². The molecule has 0 aliphatic carbocycles. The fraction of sp³-hybridized carbons (Fsp3) is 0.167. The second kappa shape index (κ2) is 5.91. The number of nitro groups is 1. The molecular formula is C12H12N2O6S3. The fourth-order valence-corrected chi connectivity index (χ4v) is 6.44. The highest BCUT2D eigenvalue weighted by molar-refractivity contribution is 7.96. The first-order valence-electron chi connectivity index (χ1n) is 6.22. The quantitative estimate of drug-likeness (QED) is 0.477. The number of nitrogens with zero attached hydrogens (tertiary/aromatic N) is 1. The molecule has 1 aromatic carbocycles. The molecule has 1 aromatic heterocycles. The number of thiophene rings is 1. The monoisotopic (exact) mass is 376 g/mol. The minimum absolute atomic E-state index is 0.0740. The smallest absolute Gasteiger partial charge is 0.300 e. The molecule has 1 heterocycles. The number of nitrogen functional groups attached to an aromatic ring is 1. The number of sulfone groups is 2. The Hall–Kier alpha value is -1.98. The Balaban J connectivity index is 2.77. The lowest BCUT2D eigenvalue weighted by Gasteiger charge is -2.04. The predicted octanol–water partition coefficient (Wildman–Crippen LogP) is 1.86. The van der Waals surface area contributed by atoms with E-state index >= 15 is 0 Å². The van der Waals surface area contributed by atoms with Crippen LogP contribution in [0.3, 0.4) is 0 Å². The predicted molar refractivity (Wildman–Crippen MR) is 85.0 cm³/mol. The van der Waals surface area contributed by atoms with Gasteiger partial charge in [-0.15, -0.1) is 11.3 Å². The summed E-state index contributed by atoms with van der Waals surface area (Å²) in [6, 6.07) is 6.27. The van der Waals surface area contributed by atoms with Gasteiger partial charge in [0.1, 0.15) is 4.21 Å². The summed E-state index contributed by atoms with van der Waals surface area (Å²) in [7, 11) is -8.07. The van der Waals surface area contributed by atoms with Crippen molar-refractivity contribution in [3.05, 3.63) is 40.4 Å². The van der Waals surface area contributed by atoms with Crippen molar-refractivity contribution in [2.45, 2.75) is 20.2 Å². The second-order valence-electron chi connectivity index (χ2n) is 4.44. The summed E-state index contributed by atoms with van der Waals surface area (Å²) in [6.07, 6.45) is 0. The highest BCUT2D eigenvalue weighted by atomic mass is 32.3. The maximum absolute atomic E-state index is 12.6. The van der Waals surface area contributed by atoms with Crippen LogP contribution in [0.4, 0.5) is 11.4 Å². The van der Waals surface area contributed by atoms with Crippen molar-refractivity contribution in [2.75, 3.05) is 11.5 Å². The van der Waals surface area contributed by atoms with Crippen LogP contribution in [0.25, 0.3) is 0 Å². The van der Waals surface area contributed by atoms with Gasteiger partial charge in [-0.1, -0.05) is 19.1 Å². The van der Waals surface area contributed by atoms with Gasteiger partial charge in [-0.25, -0.2) is 16.8 Å². The molecule has 0 saturated carbocycles. The number of rotatable bonds is 5. The van der Waals surface area contributed by atoms with E-state index in [0.29, 0.717) is 11.3 Å². The summed E-state index contributed by atoms with van der Waals surface area (Å²) in [5.41, 5.74) is 4.78. The van der Waals surface area contributed by atoms with E-state index in [1.165, 1.54) is 31.2 Å². The molecule has 8 nitrogen and oxygen atoms in total. The van der Waals surface area contributed by atoms with Crippen LogP contribution >= 0.6 is 11.3 Å².